The summed E-state index contributed by atoms with van der Waals surface area (Å²) in [6.45, 7) is 6.52. The molecule has 0 saturated carbocycles. The molecule has 0 radical (unpaired) electrons. The molecule has 3 rings (SSSR count). The first-order chi connectivity index (χ1) is 10.1. The van der Waals surface area contributed by atoms with Crippen LogP contribution in [0.1, 0.15) is 30.5 Å². The fraction of sp³-hybridized carbons (Fsp3) is 0.333. The van der Waals surface area contributed by atoms with Crippen molar-refractivity contribution in [3.05, 3.63) is 58.1 Å². The van der Waals surface area contributed by atoms with E-state index >= 15 is 0 Å². The van der Waals surface area contributed by atoms with Gasteiger partial charge in [-0.15, -0.1) is 0 Å². The second-order valence-electron chi connectivity index (χ2n) is 5.82. The monoisotopic (exact) mass is 301 g/mol. The smallest absolute Gasteiger partial charge is 0.0725 e. The Morgan fingerprint density at radius 2 is 1.76 bits per heavy atom. The summed E-state index contributed by atoms with van der Waals surface area (Å²) in [5.41, 5.74) is 6.07. The van der Waals surface area contributed by atoms with E-state index < -0.39 is 0 Å². The maximum Gasteiger partial charge on any atom is 0.0725 e. The molecule has 0 atom stereocenters. The molecule has 0 aromatic heterocycles. The maximum atomic E-state index is 6.42. The second kappa shape index (κ2) is 6.18. The Morgan fingerprint density at radius 3 is 2.52 bits per heavy atom. The number of hydrogen-bond acceptors (Lipinski definition) is 2. The van der Waals surface area contributed by atoms with Crippen molar-refractivity contribution < 1.29 is 4.74 Å². The van der Waals surface area contributed by atoms with Crippen LogP contribution in [0.2, 0.25) is 5.02 Å². The molecule has 0 fully saturated rings. The number of benzene rings is 2. The zero-order valence-electron chi connectivity index (χ0n) is 12.4. The van der Waals surface area contributed by atoms with Gasteiger partial charge < -0.3 is 10.1 Å². The van der Waals surface area contributed by atoms with Crippen LogP contribution in [0.4, 0.5) is 0 Å². The summed E-state index contributed by atoms with van der Waals surface area (Å²) in [4.78, 5) is 0. The van der Waals surface area contributed by atoms with Crippen molar-refractivity contribution in [2.45, 2.75) is 39.6 Å². The SMILES string of the molecule is CC(C)NCc1ccc(-c2ccc3c(c2)COC3)cc1Cl. The fourth-order valence-corrected chi connectivity index (χ4v) is 2.78. The molecule has 1 N–H and O–H groups in total. The quantitative estimate of drug-likeness (QED) is 0.895. The van der Waals surface area contributed by atoms with E-state index in [1.807, 2.05) is 0 Å². The minimum Gasteiger partial charge on any atom is -0.372 e. The Bertz CT molecular complexity index is 652. The van der Waals surface area contributed by atoms with Crippen LogP contribution in [0.5, 0.6) is 0 Å². The van der Waals surface area contributed by atoms with Gasteiger partial charge in [-0.05, 0) is 39.9 Å². The first-order valence-electron chi connectivity index (χ1n) is 7.35. The van der Waals surface area contributed by atoms with E-state index in [1.165, 1.54) is 16.7 Å². The number of fused-ring (bicyclic) bond motifs is 1. The van der Waals surface area contributed by atoms with Gasteiger partial charge in [0.05, 0.1) is 13.2 Å². The molecular formula is C18H20ClNO. The third-order valence-electron chi connectivity index (χ3n) is 3.81. The zero-order valence-corrected chi connectivity index (χ0v) is 13.2. The molecule has 0 saturated heterocycles. The van der Waals surface area contributed by atoms with Gasteiger partial charge in [0.15, 0.2) is 0 Å². The van der Waals surface area contributed by atoms with Gasteiger partial charge in [0.25, 0.3) is 0 Å². The normalized spacial score (nSPS) is 13.7. The van der Waals surface area contributed by atoms with Gasteiger partial charge in [-0.25, -0.2) is 0 Å². The molecule has 0 amide bonds. The summed E-state index contributed by atoms with van der Waals surface area (Å²) in [6, 6.07) is 13.3. The third-order valence-corrected chi connectivity index (χ3v) is 4.16. The van der Waals surface area contributed by atoms with Crippen molar-refractivity contribution in [1.82, 2.24) is 5.32 Å². The third kappa shape index (κ3) is 3.29. The topological polar surface area (TPSA) is 21.3 Å². The highest BCUT2D eigenvalue weighted by Crippen LogP contribution is 2.29. The Labute approximate surface area is 131 Å². The summed E-state index contributed by atoms with van der Waals surface area (Å²) in [7, 11) is 0. The van der Waals surface area contributed by atoms with Crippen molar-refractivity contribution in [1.29, 1.82) is 0 Å². The summed E-state index contributed by atoms with van der Waals surface area (Å²) in [5, 5.41) is 4.21. The minimum atomic E-state index is 0.456. The van der Waals surface area contributed by atoms with Crippen LogP contribution in [-0.4, -0.2) is 6.04 Å². The highest BCUT2D eigenvalue weighted by Gasteiger charge is 2.12. The van der Waals surface area contributed by atoms with Gasteiger partial charge in [0.1, 0.15) is 0 Å². The second-order valence-corrected chi connectivity index (χ2v) is 6.23. The number of ether oxygens (including phenoxy) is 1. The van der Waals surface area contributed by atoms with E-state index in [2.05, 4.69) is 55.6 Å². The molecule has 1 aliphatic heterocycles. The first-order valence-corrected chi connectivity index (χ1v) is 7.73. The Hall–Kier alpha value is -1.35. The summed E-state index contributed by atoms with van der Waals surface area (Å²) >= 11 is 6.42. The van der Waals surface area contributed by atoms with Crippen LogP contribution >= 0.6 is 11.6 Å². The lowest BCUT2D eigenvalue weighted by molar-refractivity contribution is 0.134. The van der Waals surface area contributed by atoms with E-state index in [0.717, 1.165) is 29.3 Å². The summed E-state index contributed by atoms with van der Waals surface area (Å²) in [6.07, 6.45) is 0. The van der Waals surface area contributed by atoms with Crippen LogP contribution in [-0.2, 0) is 24.5 Å². The lowest BCUT2D eigenvalue weighted by atomic mass is 9.99. The molecule has 110 valence electrons. The Balaban J connectivity index is 1.84. The predicted molar refractivity (Wildman–Crippen MR) is 87.4 cm³/mol. The lowest BCUT2D eigenvalue weighted by Gasteiger charge is -2.11. The lowest BCUT2D eigenvalue weighted by Crippen LogP contribution is -2.21. The van der Waals surface area contributed by atoms with Gasteiger partial charge in [0, 0.05) is 17.6 Å². The van der Waals surface area contributed by atoms with E-state index in [-0.39, 0.29) is 0 Å². The highest BCUT2D eigenvalue weighted by atomic mass is 35.5. The Morgan fingerprint density at radius 1 is 1.05 bits per heavy atom. The van der Waals surface area contributed by atoms with E-state index in [1.54, 1.807) is 0 Å². The predicted octanol–water partition coefficient (Wildman–Crippen LogP) is 4.54. The molecule has 21 heavy (non-hydrogen) atoms. The van der Waals surface area contributed by atoms with E-state index in [4.69, 9.17) is 16.3 Å². The molecule has 1 heterocycles. The van der Waals surface area contributed by atoms with Gasteiger partial charge >= 0.3 is 0 Å². The molecular weight excluding hydrogens is 282 g/mol. The molecule has 0 bridgehead atoms. The fourth-order valence-electron chi connectivity index (χ4n) is 2.54. The number of hydrogen-bond donors (Lipinski definition) is 1. The van der Waals surface area contributed by atoms with Gasteiger partial charge in [-0.2, -0.15) is 0 Å². The van der Waals surface area contributed by atoms with Crippen LogP contribution in [0.15, 0.2) is 36.4 Å². The van der Waals surface area contributed by atoms with Crippen LogP contribution in [0.3, 0.4) is 0 Å². The summed E-state index contributed by atoms with van der Waals surface area (Å²) < 4.78 is 5.47. The average Bonchev–Trinajstić information content (AvgIpc) is 2.93. The van der Waals surface area contributed by atoms with Crippen LogP contribution in [0.25, 0.3) is 11.1 Å². The standard InChI is InChI=1S/C18H20ClNO/c1-12(2)20-9-15-5-3-14(8-18(15)19)13-4-6-16-10-21-11-17(16)7-13/h3-8,12,20H,9-11H2,1-2H3. The van der Waals surface area contributed by atoms with Gasteiger partial charge in [-0.1, -0.05) is 49.7 Å². The van der Waals surface area contributed by atoms with Crippen LogP contribution < -0.4 is 5.32 Å². The van der Waals surface area contributed by atoms with E-state index in [0.29, 0.717) is 12.6 Å². The average molecular weight is 302 g/mol. The molecule has 1 aliphatic rings. The van der Waals surface area contributed by atoms with Crippen molar-refractivity contribution in [3.63, 3.8) is 0 Å². The van der Waals surface area contributed by atoms with Crippen LogP contribution in [0, 0.1) is 0 Å². The van der Waals surface area contributed by atoms with Crippen molar-refractivity contribution in [2.75, 3.05) is 0 Å². The zero-order chi connectivity index (χ0) is 14.8. The van der Waals surface area contributed by atoms with Gasteiger partial charge in [0.2, 0.25) is 0 Å². The molecule has 2 aromatic carbocycles. The number of rotatable bonds is 4. The highest BCUT2D eigenvalue weighted by molar-refractivity contribution is 6.31. The molecule has 3 heteroatoms. The largest absolute Gasteiger partial charge is 0.372 e. The number of halogens is 1. The van der Waals surface area contributed by atoms with Crippen molar-refractivity contribution in [3.8, 4) is 11.1 Å². The molecule has 2 aromatic rings. The molecule has 0 unspecified atom stereocenters. The Kier molecular flexibility index (Phi) is 4.29. The van der Waals surface area contributed by atoms with E-state index in [9.17, 15) is 0 Å². The maximum absolute atomic E-state index is 6.42. The molecule has 0 aliphatic carbocycles. The van der Waals surface area contributed by atoms with Crippen molar-refractivity contribution in [2.24, 2.45) is 0 Å². The van der Waals surface area contributed by atoms with Gasteiger partial charge in [-0.3, -0.25) is 0 Å². The van der Waals surface area contributed by atoms with Crippen molar-refractivity contribution >= 4 is 11.6 Å². The first kappa shape index (κ1) is 14.6. The number of nitrogens with one attached hydrogen (secondary N) is 1. The summed E-state index contributed by atoms with van der Waals surface area (Å²) in [5.74, 6) is 0. The molecule has 2 nitrogen and oxygen atoms in total. The minimum absolute atomic E-state index is 0.456. The molecule has 0 spiro atoms.